The molecule has 0 spiro atoms. The number of aliphatic hydroxyl groups is 1. The van der Waals surface area contributed by atoms with E-state index in [1.807, 2.05) is 30.1 Å². The van der Waals surface area contributed by atoms with E-state index >= 15 is 0 Å². The molecule has 0 saturated carbocycles. The lowest BCUT2D eigenvalue weighted by molar-refractivity contribution is 0.0717. The van der Waals surface area contributed by atoms with Crippen molar-refractivity contribution >= 4 is 15.9 Å². The predicted octanol–water partition coefficient (Wildman–Crippen LogP) is 1.51. The third-order valence-corrected chi connectivity index (χ3v) is 3.32. The molecule has 1 aliphatic heterocycles. The average Bonchev–Trinajstić information content (AvgIpc) is 2.60. The van der Waals surface area contributed by atoms with Crippen LogP contribution in [0.5, 0.6) is 11.5 Å². The van der Waals surface area contributed by atoms with Crippen LogP contribution in [0.15, 0.2) is 22.7 Å². The molecule has 1 heterocycles. The molecule has 1 aromatic carbocycles. The van der Waals surface area contributed by atoms with Crippen molar-refractivity contribution in [2.75, 3.05) is 27.2 Å². The van der Waals surface area contributed by atoms with Gasteiger partial charge >= 0.3 is 0 Å². The number of hydrogen-bond donors (Lipinski definition) is 1. The molecule has 2 rings (SSSR count). The molecule has 0 aliphatic carbocycles. The van der Waals surface area contributed by atoms with Crippen molar-refractivity contribution in [3.8, 4) is 11.5 Å². The normalized spacial score (nSPS) is 24.9. The van der Waals surface area contributed by atoms with E-state index in [-0.39, 0.29) is 6.10 Å². The Bertz CT molecular complexity index is 399. The number of likely N-dealkylation sites (N-methyl/N-ethyl adjacent to an activating group) is 1. The van der Waals surface area contributed by atoms with E-state index < -0.39 is 6.10 Å². The first-order valence-corrected chi connectivity index (χ1v) is 6.26. The lowest BCUT2D eigenvalue weighted by Gasteiger charge is -2.18. The van der Waals surface area contributed by atoms with Crippen molar-refractivity contribution in [1.29, 1.82) is 0 Å². The summed E-state index contributed by atoms with van der Waals surface area (Å²) in [5, 5.41) is 9.82. The van der Waals surface area contributed by atoms with Crippen molar-refractivity contribution < 1.29 is 14.6 Å². The molecule has 0 amide bonds. The molecule has 1 fully saturated rings. The molecule has 1 saturated heterocycles. The van der Waals surface area contributed by atoms with E-state index in [0.29, 0.717) is 18.0 Å². The van der Waals surface area contributed by atoms with Gasteiger partial charge in [-0.15, -0.1) is 0 Å². The van der Waals surface area contributed by atoms with Crippen LogP contribution in [-0.2, 0) is 0 Å². The largest absolute Gasteiger partial charge is 0.493 e. The molecule has 94 valence electrons. The molecule has 4 nitrogen and oxygen atoms in total. The number of methoxy groups -OCH3 is 1. The van der Waals surface area contributed by atoms with Gasteiger partial charge in [0.1, 0.15) is 12.2 Å². The molecule has 1 aliphatic rings. The van der Waals surface area contributed by atoms with Gasteiger partial charge in [-0.25, -0.2) is 0 Å². The molecule has 17 heavy (non-hydrogen) atoms. The van der Waals surface area contributed by atoms with Gasteiger partial charge in [-0.3, -0.25) is 4.90 Å². The Hall–Kier alpha value is -0.780. The third-order valence-electron chi connectivity index (χ3n) is 2.82. The number of halogens is 1. The summed E-state index contributed by atoms with van der Waals surface area (Å²) in [5.41, 5.74) is 0. The van der Waals surface area contributed by atoms with Gasteiger partial charge in [-0.05, 0) is 25.2 Å². The monoisotopic (exact) mass is 301 g/mol. The molecule has 1 aromatic rings. The number of benzene rings is 1. The fourth-order valence-corrected chi connectivity index (χ4v) is 2.30. The molecular weight excluding hydrogens is 286 g/mol. The van der Waals surface area contributed by atoms with E-state index in [1.54, 1.807) is 7.11 Å². The first-order valence-electron chi connectivity index (χ1n) is 5.47. The fraction of sp³-hybridized carbons (Fsp3) is 0.500. The van der Waals surface area contributed by atoms with E-state index in [4.69, 9.17) is 9.47 Å². The van der Waals surface area contributed by atoms with E-state index in [2.05, 4.69) is 15.9 Å². The van der Waals surface area contributed by atoms with Gasteiger partial charge in [0.15, 0.2) is 11.5 Å². The Balaban J connectivity index is 2.13. The van der Waals surface area contributed by atoms with Crippen LogP contribution < -0.4 is 9.47 Å². The van der Waals surface area contributed by atoms with Crippen molar-refractivity contribution in [2.45, 2.75) is 12.2 Å². The van der Waals surface area contributed by atoms with Crippen molar-refractivity contribution in [3.05, 3.63) is 22.7 Å². The second-order valence-electron chi connectivity index (χ2n) is 4.24. The molecule has 1 N–H and O–H groups in total. The van der Waals surface area contributed by atoms with Gasteiger partial charge in [0.2, 0.25) is 0 Å². The highest BCUT2D eigenvalue weighted by Gasteiger charge is 2.31. The van der Waals surface area contributed by atoms with Crippen LogP contribution in [0, 0.1) is 0 Å². The minimum atomic E-state index is -0.451. The zero-order chi connectivity index (χ0) is 12.4. The maximum atomic E-state index is 9.82. The smallest absolute Gasteiger partial charge is 0.161 e. The van der Waals surface area contributed by atoms with Crippen molar-refractivity contribution in [3.63, 3.8) is 0 Å². The number of β-amino-alcohol motifs (C(OH)–C–C–N with tert-alkyl or cyclic N) is 1. The van der Waals surface area contributed by atoms with Gasteiger partial charge < -0.3 is 14.6 Å². The predicted molar refractivity (Wildman–Crippen MR) is 68.6 cm³/mol. The van der Waals surface area contributed by atoms with Crippen LogP contribution in [-0.4, -0.2) is 49.5 Å². The van der Waals surface area contributed by atoms with Crippen LogP contribution in [0.2, 0.25) is 0 Å². The standard InChI is InChI=1S/C12H16BrNO3/c1-14-6-9(15)12(7-14)17-10-4-3-8(13)5-11(10)16-2/h3-5,9,12,15H,6-7H2,1-2H3/t9-,12-/m1/s1. The topological polar surface area (TPSA) is 41.9 Å². The molecule has 0 unspecified atom stereocenters. The molecule has 5 heteroatoms. The van der Waals surface area contributed by atoms with Crippen LogP contribution in [0.3, 0.4) is 0 Å². The zero-order valence-corrected chi connectivity index (χ0v) is 11.5. The minimum absolute atomic E-state index is 0.199. The number of rotatable bonds is 3. The highest BCUT2D eigenvalue weighted by atomic mass is 79.9. The Morgan fingerprint density at radius 2 is 2.12 bits per heavy atom. The quantitative estimate of drug-likeness (QED) is 0.919. The van der Waals surface area contributed by atoms with Crippen molar-refractivity contribution in [1.82, 2.24) is 4.90 Å². The SMILES string of the molecule is COc1cc(Br)ccc1O[C@@H]1CN(C)C[C@H]1O. The second-order valence-corrected chi connectivity index (χ2v) is 5.16. The van der Waals surface area contributed by atoms with Gasteiger partial charge in [-0.1, -0.05) is 15.9 Å². The number of ether oxygens (including phenoxy) is 2. The van der Waals surface area contributed by atoms with E-state index in [9.17, 15) is 5.11 Å². The third kappa shape index (κ3) is 2.91. The Kier molecular flexibility index (Phi) is 3.91. The molecule has 0 aromatic heterocycles. The van der Waals surface area contributed by atoms with E-state index in [0.717, 1.165) is 11.0 Å². The molecule has 0 bridgehead atoms. The van der Waals surface area contributed by atoms with Gasteiger partial charge in [0.05, 0.1) is 7.11 Å². The summed E-state index contributed by atoms with van der Waals surface area (Å²) in [4.78, 5) is 2.04. The molecular formula is C12H16BrNO3. The number of nitrogens with zero attached hydrogens (tertiary/aromatic N) is 1. The van der Waals surface area contributed by atoms with Gasteiger partial charge in [-0.2, -0.15) is 0 Å². The first-order chi connectivity index (χ1) is 8.10. The summed E-state index contributed by atoms with van der Waals surface area (Å²) in [6.07, 6.45) is -0.650. The lowest BCUT2D eigenvalue weighted by atomic mass is 10.2. The maximum Gasteiger partial charge on any atom is 0.161 e. The fourth-order valence-electron chi connectivity index (χ4n) is 1.96. The summed E-state index contributed by atoms with van der Waals surface area (Å²) >= 11 is 3.38. The Morgan fingerprint density at radius 3 is 2.71 bits per heavy atom. The maximum absolute atomic E-state index is 9.82. The Labute approximate surface area is 109 Å². The van der Waals surface area contributed by atoms with Gasteiger partial charge in [0.25, 0.3) is 0 Å². The van der Waals surface area contributed by atoms with Crippen LogP contribution in [0.1, 0.15) is 0 Å². The zero-order valence-electron chi connectivity index (χ0n) is 9.89. The summed E-state index contributed by atoms with van der Waals surface area (Å²) in [5.74, 6) is 1.33. The number of hydrogen-bond acceptors (Lipinski definition) is 4. The summed E-state index contributed by atoms with van der Waals surface area (Å²) < 4.78 is 12.0. The van der Waals surface area contributed by atoms with Gasteiger partial charge in [0, 0.05) is 17.6 Å². The van der Waals surface area contributed by atoms with Crippen LogP contribution in [0.4, 0.5) is 0 Å². The number of aliphatic hydroxyl groups excluding tert-OH is 1. The van der Waals surface area contributed by atoms with Crippen molar-refractivity contribution in [2.24, 2.45) is 0 Å². The van der Waals surface area contributed by atoms with E-state index in [1.165, 1.54) is 0 Å². The average molecular weight is 302 g/mol. The Morgan fingerprint density at radius 1 is 1.35 bits per heavy atom. The summed E-state index contributed by atoms with van der Waals surface area (Å²) in [7, 11) is 3.57. The lowest BCUT2D eigenvalue weighted by Crippen LogP contribution is -2.30. The number of likely N-dealkylation sites (tertiary alicyclic amines) is 1. The highest BCUT2D eigenvalue weighted by Crippen LogP contribution is 2.32. The molecule has 2 atom stereocenters. The highest BCUT2D eigenvalue weighted by molar-refractivity contribution is 9.10. The molecule has 0 radical (unpaired) electrons. The first kappa shape index (κ1) is 12.7. The van der Waals surface area contributed by atoms with Crippen LogP contribution >= 0.6 is 15.9 Å². The second kappa shape index (κ2) is 5.25. The summed E-state index contributed by atoms with van der Waals surface area (Å²) in [6, 6.07) is 5.58. The van der Waals surface area contributed by atoms with Crippen LogP contribution in [0.25, 0.3) is 0 Å². The minimum Gasteiger partial charge on any atom is -0.493 e. The summed E-state index contributed by atoms with van der Waals surface area (Å²) in [6.45, 7) is 1.36.